The van der Waals surface area contributed by atoms with E-state index in [1.54, 1.807) is 0 Å². The second-order valence-corrected chi connectivity index (χ2v) is 3.89. The van der Waals surface area contributed by atoms with Crippen LogP contribution >= 0.6 is 0 Å². The van der Waals surface area contributed by atoms with E-state index in [1.807, 2.05) is 0 Å². The molecule has 0 unspecified atom stereocenters. The van der Waals surface area contributed by atoms with Crippen molar-refractivity contribution in [1.29, 1.82) is 0 Å². The molecule has 0 aliphatic carbocycles. The quantitative estimate of drug-likeness (QED) is 0.656. The molecule has 74 valence electrons. The number of sulfonamides is 1. The van der Waals surface area contributed by atoms with Crippen LogP contribution in [0.1, 0.15) is 5.82 Å². The highest BCUT2D eigenvalue weighted by molar-refractivity contribution is 7.89. The summed E-state index contributed by atoms with van der Waals surface area (Å²) in [5.41, 5.74) is 0. The Morgan fingerprint density at radius 1 is 1.54 bits per heavy atom. The molecule has 0 atom stereocenters. The maximum absolute atomic E-state index is 10.9. The molecule has 0 aliphatic heterocycles. The zero-order valence-corrected chi connectivity index (χ0v) is 8.08. The highest BCUT2D eigenvalue weighted by Crippen LogP contribution is 2.04. The van der Waals surface area contributed by atoms with Crippen LogP contribution in [0.4, 0.5) is 0 Å². The van der Waals surface area contributed by atoms with Crippen molar-refractivity contribution >= 4 is 10.0 Å². The van der Waals surface area contributed by atoms with Crippen molar-refractivity contribution in [2.45, 2.75) is 11.8 Å². The van der Waals surface area contributed by atoms with E-state index in [4.69, 9.17) is 9.88 Å². The van der Waals surface area contributed by atoms with E-state index in [0.29, 0.717) is 5.82 Å². The molecule has 0 radical (unpaired) electrons. The number of hydrogen-bond acceptors (Lipinski definition) is 5. The van der Waals surface area contributed by atoms with Crippen molar-refractivity contribution in [3.05, 3.63) is 5.82 Å². The van der Waals surface area contributed by atoms with Crippen LogP contribution in [0.25, 0.3) is 0 Å². The summed E-state index contributed by atoms with van der Waals surface area (Å²) in [6.07, 6.45) is 0. The summed E-state index contributed by atoms with van der Waals surface area (Å²) in [7, 11) is -0.812. The predicted molar refractivity (Wildman–Crippen MR) is 43.1 cm³/mol. The van der Waals surface area contributed by atoms with Gasteiger partial charge in [0.05, 0.1) is 0 Å². The number of aromatic nitrogens is 3. The fourth-order valence-electron chi connectivity index (χ4n) is 0.848. The van der Waals surface area contributed by atoms with Crippen LogP contribution in [0.2, 0.25) is 0 Å². The Morgan fingerprint density at radius 2 is 2.15 bits per heavy atom. The Bertz CT molecular complexity index is 396. The summed E-state index contributed by atoms with van der Waals surface area (Å²) in [4.78, 5) is 0. The van der Waals surface area contributed by atoms with E-state index in [9.17, 15) is 8.42 Å². The SMILES string of the molecule is COCc1nnc(S(N)(=O)=O)n1C. The van der Waals surface area contributed by atoms with Gasteiger partial charge in [0.25, 0.3) is 15.2 Å². The van der Waals surface area contributed by atoms with Gasteiger partial charge in [0.2, 0.25) is 0 Å². The number of primary sulfonamides is 1. The van der Waals surface area contributed by atoms with Gasteiger partial charge in [-0.05, 0) is 0 Å². The van der Waals surface area contributed by atoms with Crippen LogP contribution in [0.5, 0.6) is 0 Å². The molecule has 0 amide bonds. The lowest BCUT2D eigenvalue weighted by Crippen LogP contribution is -2.17. The predicted octanol–water partition coefficient (Wildman–Crippen LogP) is -1.39. The van der Waals surface area contributed by atoms with Gasteiger partial charge >= 0.3 is 0 Å². The van der Waals surface area contributed by atoms with Gasteiger partial charge < -0.3 is 9.30 Å². The monoisotopic (exact) mass is 206 g/mol. The molecule has 0 aliphatic rings. The summed E-state index contributed by atoms with van der Waals surface area (Å²) < 4.78 is 27.8. The first-order valence-electron chi connectivity index (χ1n) is 3.37. The Hall–Kier alpha value is -0.990. The molecule has 13 heavy (non-hydrogen) atoms. The Labute approximate surface area is 75.6 Å². The minimum absolute atomic E-state index is 0.193. The van der Waals surface area contributed by atoms with Gasteiger partial charge in [0, 0.05) is 14.2 Å². The number of rotatable bonds is 3. The van der Waals surface area contributed by atoms with Crippen molar-refractivity contribution < 1.29 is 13.2 Å². The third-order valence-electron chi connectivity index (χ3n) is 1.45. The van der Waals surface area contributed by atoms with Crippen LogP contribution in [0.15, 0.2) is 5.16 Å². The molecule has 0 bridgehead atoms. The van der Waals surface area contributed by atoms with Gasteiger partial charge in [0.15, 0.2) is 5.82 Å². The van der Waals surface area contributed by atoms with Gasteiger partial charge in [-0.3, -0.25) is 0 Å². The summed E-state index contributed by atoms with van der Waals surface area (Å²) in [5.74, 6) is 0.409. The first-order chi connectivity index (χ1) is 5.96. The standard InChI is InChI=1S/C5H10N4O3S/c1-9-4(3-12-2)7-8-5(9)13(6,10)11/h3H2,1-2H3,(H2,6,10,11). The van der Waals surface area contributed by atoms with E-state index in [1.165, 1.54) is 18.7 Å². The number of hydrogen-bond donors (Lipinski definition) is 1. The highest BCUT2D eigenvalue weighted by atomic mass is 32.2. The normalized spacial score (nSPS) is 11.9. The molecule has 1 aromatic rings. The fraction of sp³-hybridized carbons (Fsp3) is 0.600. The molecule has 0 aromatic carbocycles. The van der Waals surface area contributed by atoms with E-state index >= 15 is 0 Å². The van der Waals surface area contributed by atoms with E-state index in [-0.39, 0.29) is 11.8 Å². The van der Waals surface area contributed by atoms with Gasteiger partial charge in [-0.2, -0.15) is 0 Å². The van der Waals surface area contributed by atoms with Gasteiger partial charge in [-0.25, -0.2) is 13.6 Å². The van der Waals surface area contributed by atoms with Crippen LogP contribution in [-0.4, -0.2) is 30.3 Å². The zero-order chi connectivity index (χ0) is 10.1. The molecule has 8 heteroatoms. The minimum Gasteiger partial charge on any atom is -0.377 e. The second-order valence-electron chi connectivity index (χ2n) is 2.44. The number of ether oxygens (including phenoxy) is 1. The number of methoxy groups -OCH3 is 1. The molecule has 0 spiro atoms. The summed E-state index contributed by atoms with van der Waals surface area (Å²) in [5, 5.41) is 11.6. The van der Waals surface area contributed by atoms with Gasteiger partial charge in [-0.15, -0.1) is 10.2 Å². The van der Waals surface area contributed by atoms with Gasteiger partial charge in [-0.1, -0.05) is 0 Å². The van der Waals surface area contributed by atoms with Crippen LogP contribution in [0.3, 0.4) is 0 Å². The first-order valence-corrected chi connectivity index (χ1v) is 4.91. The lowest BCUT2D eigenvalue weighted by atomic mass is 10.6. The third-order valence-corrected chi connectivity index (χ3v) is 2.32. The molecule has 0 saturated heterocycles. The topological polar surface area (TPSA) is 100 Å². The smallest absolute Gasteiger partial charge is 0.273 e. The molecule has 1 rings (SSSR count). The number of nitrogens with two attached hydrogens (primary N) is 1. The zero-order valence-electron chi connectivity index (χ0n) is 7.26. The van der Waals surface area contributed by atoms with Crippen molar-refractivity contribution in [1.82, 2.24) is 14.8 Å². The van der Waals surface area contributed by atoms with Gasteiger partial charge in [0.1, 0.15) is 6.61 Å². The molecule has 0 saturated carbocycles. The van der Waals surface area contributed by atoms with Crippen molar-refractivity contribution in [2.75, 3.05) is 7.11 Å². The largest absolute Gasteiger partial charge is 0.377 e. The second kappa shape index (κ2) is 3.40. The Balaban J connectivity index is 3.14. The maximum Gasteiger partial charge on any atom is 0.273 e. The summed E-state index contributed by atoms with van der Waals surface area (Å²) in [6.45, 7) is 0.193. The fourth-order valence-corrected chi connectivity index (χ4v) is 1.49. The molecular formula is C5H10N4O3S. The third kappa shape index (κ3) is 2.02. The molecule has 1 heterocycles. The highest BCUT2D eigenvalue weighted by Gasteiger charge is 2.17. The van der Waals surface area contributed by atoms with Crippen LogP contribution in [-0.2, 0) is 28.4 Å². The van der Waals surface area contributed by atoms with E-state index in [0.717, 1.165) is 0 Å². The summed E-state index contributed by atoms with van der Waals surface area (Å²) >= 11 is 0. The summed E-state index contributed by atoms with van der Waals surface area (Å²) in [6, 6.07) is 0. The van der Waals surface area contributed by atoms with E-state index < -0.39 is 10.0 Å². The molecule has 2 N–H and O–H groups in total. The number of nitrogens with zero attached hydrogens (tertiary/aromatic N) is 3. The van der Waals surface area contributed by atoms with Crippen molar-refractivity contribution in [3.8, 4) is 0 Å². The molecule has 1 aromatic heterocycles. The van der Waals surface area contributed by atoms with Crippen molar-refractivity contribution in [2.24, 2.45) is 12.2 Å². The lowest BCUT2D eigenvalue weighted by molar-refractivity contribution is 0.174. The molecule has 0 fully saturated rings. The van der Waals surface area contributed by atoms with Crippen LogP contribution in [0, 0.1) is 0 Å². The average Bonchev–Trinajstić information content (AvgIpc) is 2.32. The maximum atomic E-state index is 10.9. The minimum atomic E-state index is -3.80. The first kappa shape index (κ1) is 10.1. The molecular weight excluding hydrogens is 196 g/mol. The molecule has 7 nitrogen and oxygen atoms in total. The van der Waals surface area contributed by atoms with E-state index in [2.05, 4.69) is 10.2 Å². The average molecular weight is 206 g/mol. The Morgan fingerprint density at radius 3 is 2.54 bits per heavy atom. The Kier molecular flexibility index (Phi) is 2.64. The lowest BCUT2D eigenvalue weighted by Gasteiger charge is -2.00. The van der Waals surface area contributed by atoms with Crippen molar-refractivity contribution in [3.63, 3.8) is 0 Å². The van der Waals surface area contributed by atoms with Crippen LogP contribution < -0.4 is 5.14 Å².